The van der Waals surface area contributed by atoms with E-state index in [1.54, 1.807) is 6.07 Å². The summed E-state index contributed by atoms with van der Waals surface area (Å²) >= 11 is 0. The van der Waals surface area contributed by atoms with Crippen LogP contribution in [-0.4, -0.2) is 36.5 Å². The topological polar surface area (TPSA) is 97.6 Å². The van der Waals surface area contributed by atoms with E-state index in [0.717, 1.165) is 25.7 Å². The van der Waals surface area contributed by atoms with Crippen LogP contribution in [0.15, 0.2) is 22.8 Å². The normalized spacial score (nSPS) is 21.6. The van der Waals surface area contributed by atoms with Gasteiger partial charge >= 0.3 is 5.97 Å². The SMILES string of the molecule is CC1CCC(NC(=O)COC(=O)C(C)NC(=O)c2ccco2)CC1. The van der Waals surface area contributed by atoms with Crippen LogP contribution in [0.5, 0.6) is 0 Å². The van der Waals surface area contributed by atoms with E-state index in [9.17, 15) is 14.4 Å². The van der Waals surface area contributed by atoms with E-state index in [0.29, 0.717) is 5.92 Å². The van der Waals surface area contributed by atoms with Crippen LogP contribution in [0, 0.1) is 5.92 Å². The second kappa shape index (κ2) is 8.52. The van der Waals surface area contributed by atoms with Crippen LogP contribution in [-0.2, 0) is 14.3 Å². The van der Waals surface area contributed by atoms with Crippen molar-refractivity contribution >= 4 is 17.8 Å². The van der Waals surface area contributed by atoms with Crippen LogP contribution >= 0.6 is 0 Å². The molecule has 2 amide bonds. The van der Waals surface area contributed by atoms with Crippen molar-refractivity contribution in [3.63, 3.8) is 0 Å². The molecule has 1 atom stereocenters. The number of hydrogen-bond donors (Lipinski definition) is 2. The Hall–Kier alpha value is -2.31. The number of amides is 2. The summed E-state index contributed by atoms with van der Waals surface area (Å²) in [6.07, 6.45) is 5.47. The van der Waals surface area contributed by atoms with E-state index >= 15 is 0 Å². The minimum atomic E-state index is -0.870. The van der Waals surface area contributed by atoms with Gasteiger partial charge in [-0.25, -0.2) is 4.79 Å². The number of carbonyl (C=O) groups excluding carboxylic acids is 3. The smallest absolute Gasteiger partial charge is 0.328 e. The summed E-state index contributed by atoms with van der Waals surface area (Å²) in [7, 11) is 0. The predicted octanol–water partition coefficient (Wildman–Crippen LogP) is 1.64. The Morgan fingerprint density at radius 1 is 1.29 bits per heavy atom. The van der Waals surface area contributed by atoms with Crippen molar-refractivity contribution in [1.29, 1.82) is 0 Å². The van der Waals surface area contributed by atoms with Crippen molar-refractivity contribution in [1.82, 2.24) is 10.6 Å². The number of hydrogen-bond acceptors (Lipinski definition) is 5. The number of furan rings is 1. The number of rotatable bonds is 6. The molecule has 0 aromatic carbocycles. The lowest BCUT2D eigenvalue weighted by Gasteiger charge is -2.26. The quantitative estimate of drug-likeness (QED) is 0.770. The molecule has 0 spiro atoms. The largest absolute Gasteiger partial charge is 0.459 e. The third kappa shape index (κ3) is 5.40. The molecule has 7 heteroatoms. The first-order chi connectivity index (χ1) is 11.5. The number of ether oxygens (including phenoxy) is 1. The lowest BCUT2D eigenvalue weighted by atomic mass is 9.87. The third-order valence-corrected chi connectivity index (χ3v) is 4.17. The fourth-order valence-corrected chi connectivity index (χ4v) is 2.67. The molecule has 0 bridgehead atoms. The molecule has 0 aliphatic heterocycles. The summed E-state index contributed by atoms with van der Waals surface area (Å²) in [6, 6.07) is 2.36. The van der Waals surface area contributed by atoms with Gasteiger partial charge in [-0.2, -0.15) is 0 Å². The summed E-state index contributed by atoms with van der Waals surface area (Å²) < 4.78 is 9.89. The molecule has 1 aromatic heterocycles. The molecule has 1 heterocycles. The lowest BCUT2D eigenvalue weighted by Crippen LogP contribution is -2.43. The Kier molecular flexibility index (Phi) is 6.40. The number of esters is 1. The van der Waals surface area contributed by atoms with E-state index in [2.05, 4.69) is 17.6 Å². The van der Waals surface area contributed by atoms with E-state index in [1.807, 2.05) is 0 Å². The molecule has 2 N–H and O–H groups in total. The highest BCUT2D eigenvalue weighted by Gasteiger charge is 2.22. The fourth-order valence-electron chi connectivity index (χ4n) is 2.67. The summed E-state index contributed by atoms with van der Waals surface area (Å²) in [4.78, 5) is 35.4. The van der Waals surface area contributed by atoms with Crippen molar-refractivity contribution in [3.05, 3.63) is 24.2 Å². The first-order valence-corrected chi connectivity index (χ1v) is 8.26. The zero-order valence-electron chi connectivity index (χ0n) is 14.0. The van der Waals surface area contributed by atoms with Crippen LogP contribution in [0.25, 0.3) is 0 Å². The van der Waals surface area contributed by atoms with Gasteiger partial charge in [0, 0.05) is 6.04 Å². The zero-order chi connectivity index (χ0) is 17.5. The van der Waals surface area contributed by atoms with Gasteiger partial charge in [0.1, 0.15) is 6.04 Å². The molecule has 132 valence electrons. The molecule has 1 unspecified atom stereocenters. The Labute approximate surface area is 141 Å². The van der Waals surface area contributed by atoms with Crippen LogP contribution in [0.2, 0.25) is 0 Å². The van der Waals surface area contributed by atoms with Gasteiger partial charge in [-0.1, -0.05) is 6.92 Å². The van der Waals surface area contributed by atoms with Crippen molar-refractivity contribution in [3.8, 4) is 0 Å². The minimum absolute atomic E-state index is 0.110. The number of carbonyl (C=O) groups is 3. The van der Waals surface area contributed by atoms with Gasteiger partial charge in [-0.15, -0.1) is 0 Å². The van der Waals surface area contributed by atoms with Gasteiger partial charge in [-0.05, 0) is 50.7 Å². The van der Waals surface area contributed by atoms with Gasteiger partial charge in [0.25, 0.3) is 11.8 Å². The molecule has 0 radical (unpaired) electrons. The maximum Gasteiger partial charge on any atom is 0.328 e. The zero-order valence-corrected chi connectivity index (χ0v) is 14.0. The highest BCUT2D eigenvalue weighted by atomic mass is 16.5. The molecule has 1 saturated carbocycles. The fraction of sp³-hybridized carbons (Fsp3) is 0.588. The van der Waals surface area contributed by atoms with Gasteiger partial charge in [0.15, 0.2) is 12.4 Å². The van der Waals surface area contributed by atoms with Crippen LogP contribution < -0.4 is 10.6 Å². The van der Waals surface area contributed by atoms with Crippen molar-refractivity contribution in [2.75, 3.05) is 6.61 Å². The molecule has 7 nitrogen and oxygen atoms in total. The summed E-state index contributed by atoms with van der Waals surface area (Å²) in [5, 5.41) is 5.33. The predicted molar refractivity (Wildman–Crippen MR) is 86.2 cm³/mol. The van der Waals surface area contributed by atoms with Crippen molar-refractivity contribution in [2.45, 2.75) is 51.6 Å². The highest BCUT2D eigenvalue weighted by molar-refractivity contribution is 5.94. The van der Waals surface area contributed by atoms with Crippen LogP contribution in [0.1, 0.15) is 50.1 Å². The Bertz CT molecular complexity index is 562. The minimum Gasteiger partial charge on any atom is -0.459 e. The molecule has 0 saturated heterocycles. The molecule has 1 aliphatic carbocycles. The Morgan fingerprint density at radius 3 is 2.62 bits per heavy atom. The Balaban J connectivity index is 1.68. The van der Waals surface area contributed by atoms with E-state index in [4.69, 9.17) is 9.15 Å². The second-order valence-corrected chi connectivity index (χ2v) is 6.30. The average molecular weight is 336 g/mol. The van der Waals surface area contributed by atoms with E-state index in [-0.39, 0.29) is 24.3 Å². The summed E-state index contributed by atoms with van der Waals surface area (Å²) in [5.74, 6) is -0.673. The summed E-state index contributed by atoms with van der Waals surface area (Å²) in [5.41, 5.74) is 0. The summed E-state index contributed by atoms with van der Waals surface area (Å²) in [6.45, 7) is 3.35. The monoisotopic (exact) mass is 336 g/mol. The first kappa shape index (κ1) is 18.0. The molecule has 24 heavy (non-hydrogen) atoms. The van der Waals surface area contributed by atoms with Gasteiger partial charge in [-0.3, -0.25) is 9.59 Å². The van der Waals surface area contributed by atoms with Crippen LogP contribution in [0.4, 0.5) is 0 Å². The van der Waals surface area contributed by atoms with E-state index < -0.39 is 17.9 Å². The molecule has 1 aliphatic rings. The molecule has 1 fully saturated rings. The Morgan fingerprint density at radius 2 is 2.00 bits per heavy atom. The molecule has 1 aromatic rings. The number of nitrogens with one attached hydrogen (secondary N) is 2. The molecule has 2 rings (SSSR count). The maximum atomic E-state index is 11.8. The van der Waals surface area contributed by atoms with Gasteiger partial charge < -0.3 is 19.8 Å². The van der Waals surface area contributed by atoms with Crippen LogP contribution in [0.3, 0.4) is 0 Å². The second-order valence-electron chi connectivity index (χ2n) is 6.30. The van der Waals surface area contributed by atoms with Gasteiger partial charge in [0.2, 0.25) is 0 Å². The standard InChI is InChI=1S/C17H24N2O5/c1-11-5-7-13(8-6-11)19-15(20)10-24-17(22)12(2)18-16(21)14-4-3-9-23-14/h3-4,9,11-13H,5-8,10H2,1-2H3,(H,18,21)(H,19,20). The van der Waals surface area contributed by atoms with Crippen molar-refractivity contribution in [2.24, 2.45) is 5.92 Å². The van der Waals surface area contributed by atoms with Crippen molar-refractivity contribution < 1.29 is 23.5 Å². The van der Waals surface area contributed by atoms with Gasteiger partial charge in [0.05, 0.1) is 6.26 Å². The molecular weight excluding hydrogens is 312 g/mol. The lowest BCUT2D eigenvalue weighted by molar-refractivity contribution is -0.150. The highest BCUT2D eigenvalue weighted by Crippen LogP contribution is 2.23. The third-order valence-electron chi connectivity index (χ3n) is 4.17. The maximum absolute atomic E-state index is 11.8. The van der Waals surface area contributed by atoms with E-state index in [1.165, 1.54) is 19.3 Å². The molecular formula is C17H24N2O5. The average Bonchev–Trinajstić information content (AvgIpc) is 3.09. The first-order valence-electron chi connectivity index (χ1n) is 8.26.